The fourth-order valence-corrected chi connectivity index (χ4v) is 15.8. The summed E-state index contributed by atoms with van der Waals surface area (Å²) < 4.78 is 202. The molecule has 0 saturated heterocycles. The van der Waals surface area contributed by atoms with Gasteiger partial charge in [0.2, 0.25) is 0 Å². The molecule has 0 N–H and O–H groups in total. The minimum atomic E-state index is -1.42. The predicted octanol–water partition coefficient (Wildman–Crippen LogP) is 25.9. The molecule has 514 valence electrons. The molecule has 0 bridgehead atoms. The van der Waals surface area contributed by atoms with Crippen molar-refractivity contribution in [1.82, 2.24) is 9.13 Å². The highest BCUT2D eigenvalue weighted by Crippen LogP contribution is 2.56. The summed E-state index contributed by atoms with van der Waals surface area (Å²) in [5.41, 5.74) is 10.4. The van der Waals surface area contributed by atoms with Crippen LogP contribution in [0.3, 0.4) is 0 Å². The van der Waals surface area contributed by atoms with Crippen molar-refractivity contribution in [1.29, 1.82) is 0 Å². The minimum Gasteiger partial charge on any atom is -0.310 e. The van der Waals surface area contributed by atoms with E-state index in [9.17, 15) is 24.7 Å². The zero-order valence-electron chi connectivity index (χ0n) is 80.7. The number of anilines is 6. The Bertz CT molecular complexity index is 7290. The zero-order valence-corrected chi connectivity index (χ0v) is 60.7. The molecule has 2 aromatic heterocycles. The molecule has 0 saturated carbocycles. The van der Waals surface area contributed by atoms with Gasteiger partial charge in [0.25, 0.3) is 6.71 Å². The van der Waals surface area contributed by atoms with Crippen molar-refractivity contribution >= 4 is 101 Å². The third kappa shape index (κ3) is 11.0. The lowest BCUT2D eigenvalue weighted by molar-refractivity contribution is 0.590. The molecule has 0 spiro atoms. The van der Waals surface area contributed by atoms with Gasteiger partial charge in [-0.3, -0.25) is 0 Å². The van der Waals surface area contributed by atoms with Crippen LogP contribution in [-0.2, 0) is 16.2 Å². The Hall–Kier alpha value is -12.4. The number of nitrogens with zero attached hydrogens (tertiary/aromatic N) is 4. The van der Waals surface area contributed by atoms with E-state index in [1.807, 2.05) is 152 Å². The summed E-state index contributed by atoms with van der Waals surface area (Å²) in [7, 11) is 0. The van der Waals surface area contributed by atoms with E-state index >= 15 is 0 Å². The van der Waals surface area contributed by atoms with Crippen LogP contribution in [0.5, 0.6) is 0 Å². The number of para-hydroxylation sites is 4. The maximum Gasteiger partial charge on any atom is 0.252 e. The van der Waals surface area contributed by atoms with Crippen molar-refractivity contribution in [3.8, 4) is 78.1 Å². The van der Waals surface area contributed by atoms with Gasteiger partial charge in [-0.2, -0.15) is 0 Å². The Morgan fingerprint density at radius 2 is 0.542 bits per heavy atom. The second-order valence-corrected chi connectivity index (χ2v) is 30.9. The molecule has 0 radical (unpaired) electrons. The molecule has 0 aliphatic carbocycles. The Balaban J connectivity index is 1.07. The second kappa shape index (κ2) is 25.1. The fraction of sp³-hybridized carbons (Fsp3) is 0.118. The van der Waals surface area contributed by atoms with Gasteiger partial charge < -0.3 is 18.9 Å². The lowest BCUT2D eigenvalue weighted by atomic mass is 9.33. The third-order valence-corrected chi connectivity index (χ3v) is 21.2. The Kier molecular flexibility index (Phi) is 11.1. The van der Waals surface area contributed by atoms with Gasteiger partial charge in [0, 0.05) is 77.9 Å². The summed E-state index contributed by atoms with van der Waals surface area (Å²) in [6.07, 6.45) is 0. The van der Waals surface area contributed by atoms with Gasteiger partial charge in [0.15, 0.2) is 0 Å². The van der Waals surface area contributed by atoms with Crippen molar-refractivity contribution < 1.29 is 27.4 Å². The topological polar surface area (TPSA) is 16.3 Å². The normalized spacial score (nSPS) is 15.5. The summed E-state index contributed by atoms with van der Waals surface area (Å²) in [6.45, 7) is 17.2. The number of benzene rings is 15. The standard InChI is InChI=1S/C102H83BN4/c1-100(2,3)74-58-83(70-34-18-12-19-35-70)98(84(59-74)71-36-20-13-21-37-71)106-93-64-77(104-89-42-26-22-38-79(89)80-39-23-27-43-90(80)104)54-56-87(93)103-88-57-55-78(105-91-44-28-24-40-81(91)82-41-25-29-45-92(82)105)65-94(88)107(96-63-76(102(7,8)9)62-95(106)97(96)103)99-85(72-50-46-68(47-51-72)66-30-14-10-15-31-66)60-75(101(4,5)6)61-86(99)73-52-48-69(49-53-73)67-32-16-11-17-33-67/h10-65H,1-9H3/i22D,23D,24D,25D,26D,27D,28D,29D,38D,39D,40D,41D,42D,43D,44D,45D,56D,57D,62D,63D. The quantitative estimate of drug-likeness (QED) is 0.127. The lowest BCUT2D eigenvalue weighted by Crippen LogP contribution is -2.61. The number of hydrogen-bond donors (Lipinski definition) is 0. The molecule has 2 aliphatic heterocycles. The first-order valence-corrected chi connectivity index (χ1v) is 36.2. The minimum absolute atomic E-state index is 0.000421. The molecule has 0 unspecified atom stereocenters. The number of fused-ring (bicyclic) bond motifs is 10. The largest absolute Gasteiger partial charge is 0.310 e. The molecule has 0 atom stereocenters. The number of aromatic nitrogens is 2. The van der Waals surface area contributed by atoms with E-state index in [2.05, 4.69) is 114 Å². The van der Waals surface area contributed by atoms with Crippen LogP contribution in [0.2, 0.25) is 0 Å². The SMILES string of the molecule is [2H]c1cc(-n2c3c([2H])c([2H])c([2H])c([2H])c3c3c([2H])c([2H])c([2H])c([2H])c32)cc2c1B1c3c([2H])cc(-n4c5c([2H])c([2H])c([2H])c([2H])c5c5c([2H])c([2H])c([2H])c([2H])c54)cc3N(c3c(-c4ccc(-c5ccccc5)cc4)cc(C(C)(C)C)cc3-c3ccc(-c4ccccc4)cc3)c3c([2H])c(C(C)(C)C)c([2H])c(c31)N2c1c(-c2ccccc2)cc(C(C)(C)C)cc1-c1ccccc1. The zero-order chi connectivity index (χ0) is 90.0. The van der Waals surface area contributed by atoms with Gasteiger partial charge in [-0.15, -0.1) is 0 Å². The van der Waals surface area contributed by atoms with E-state index in [0.29, 0.717) is 50.2 Å². The van der Waals surface area contributed by atoms with Crippen molar-refractivity contribution in [3.05, 3.63) is 356 Å². The smallest absolute Gasteiger partial charge is 0.252 e. The van der Waals surface area contributed by atoms with Crippen LogP contribution in [0.4, 0.5) is 34.1 Å². The van der Waals surface area contributed by atoms with Crippen LogP contribution in [0.1, 0.15) is 106 Å². The van der Waals surface area contributed by atoms with E-state index in [1.54, 1.807) is 12.1 Å². The summed E-state index contributed by atoms with van der Waals surface area (Å²) in [6, 6.07) is 60.4. The van der Waals surface area contributed by atoms with Crippen molar-refractivity contribution in [2.24, 2.45) is 0 Å². The van der Waals surface area contributed by atoms with E-state index in [0.717, 1.165) is 44.5 Å². The molecular weight excluding hydrogens is 1290 g/mol. The molecule has 0 amide bonds. The van der Waals surface area contributed by atoms with Crippen LogP contribution >= 0.6 is 0 Å². The summed E-state index contributed by atoms with van der Waals surface area (Å²) in [4.78, 5) is 3.97. The molecule has 5 heteroatoms. The van der Waals surface area contributed by atoms with Crippen LogP contribution in [0, 0.1) is 0 Å². The van der Waals surface area contributed by atoms with Gasteiger partial charge in [0.1, 0.15) is 0 Å². The molecular formula is C102H83BN4. The van der Waals surface area contributed by atoms with E-state index < -0.39 is 120 Å². The third-order valence-electron chi connectivity index (χ3n) is 21.2. The summed E-state index contributed by atoms with van der Waals surface area (Å²) in [5.74, 6) is 0. The first kappa shape index (κ1) is 47.1. The number of rotatable bonds is 10. The molecule has 17 aromatic rings. The maximum absolute atomic E-state index is 11.8. The van der Waals surface area contributed by atoms with Crippen LogP contribution in [0.15, 0.2) is 339 Å². The molecule has 2 aliphatic rings. The number of hydrogen-bond acceptors (Lipinski definition) is 2. The highest BCUT2D eigenvalue weighted by molar-refractivity contribution is 7.00. The van der Waals surface area contributed by atoms with Crippen LogP contribution in [-0.4, -0.2) is 15.8 Å². The van der Waals surface area contributed by atoms with Gasteiger partial charge in [-0.25, -0.2) is 0 Å². The average molecular weight is 1400 g/mol. The van der Waals surface area contributed by atoms with Gasteiger partial charge in [-0.05, 0) is 179 Å². The first-order valence-electron chi connectivity index (χ1n) is 46.2. The average Bonchev–Trinajstić information content (AvgIpc) is 0.982. The van der Waals surface area contributed by atoms with E-state index in [-0.39, 0.29) is 118 Å². The molecule has 0 fully saturated rings. The Labute approximate surface area is 656 Å². The molecule has 15 aromatic carbocycles. The van der Waals surface area contributed by atoms with Gasteiger partial charge in [0.05, 0.1) is 60.9 Å². The maximum atomic E-state index is 11.8. The van der Waals surface area contributed by atoms with E-state index in [4.69, 9.17) is 2.74 Å². The lowest BCUT2D eigenvalue weighted by Gasteiger charge is -2.47. The molecule has 4 nitrogen and oxygen atoms in total. The van der Waals surface area contributed by atoms with Crippen molar-refractivity contribution in [2.75, 3.05) is 9.80 Å². The summed E-state index contributed by atoms with van der Waals surface area (Å²) >= 11 is 0. The van der Waals surface area contributed by atoms with Crippen molar-refractivity contribution in [2.45, 2.75) is 78.6 Å². The highest BCUT2D eigenvalue weighted by atomic mass is 15.2. The first-order chi connectivity index (χ1) is 60.3. The Morgan fingerprint density at radius 3 is 0.850 bits per heavy atom. The van der Waals surface area contributed by atoms with Gasteiger partial charge in [-0.1, -0.05) is 317 Å². The fourth-order valence-electron chi connectivity index (χ4n) is 15.8. The van der Waals surface area contributed by atoms with Crippen molar-refractivity contribution in [3.63, 3.8) is 0 Å². The predicted molar refractivity (Wildman–Crippen MR) is 458 cm³/mol. The monoisotopic (exact) mass is 1390 g/mol. The second-order valence-electron chi connectivity index (χ2n) is 30.9. The molecule has 19 rings (SSSR count). The van der Waals surface area contributed by atoms with E-state index in [1.165, 1.54) is 21.3 Å². The highest BCUT2D eigenvalue weighted by Gasteiger charge is 2.47. The van der Waals surface area contributed by atoms with Gasteiger partial charge >= 0.3 is 0 Å². The molecule has 4 heterocycles. The van der Waals surface area contributed by atoms with Crippen LogP contribution < -0.4 is 26.2 Å². The molecule has 107 heavy (non-hydrogen) atoms. The Morgan fingerprint density at radius 1 is 0.271 bits per heavy atom. The van der Waals surface area contributed by atoms with Crippen LogP contribution in [0.25, 0.3) is 122 Å². The summed E-state index contributed by atoms with van der Waals surface area (Å²) in [5, 5.41) is -0.822.